The summed E-state index contributed by atoms with van der Waals surface area (Å²) < 4.78 is 5.97. The van der Waals surface area contributed by atoms with Gasteiger partial charge in [0.05, 0.1) is 0 Å². The van der Waals surface area contributed by atoms with Crippen LogP contribution in [-0.2, 0) is 6.42 Å². The SMILES string of the molecule is NCCc1ccnc(C2CSc3ccccc3O2)n1. The molecule has 2 aromatic rings. The van der Waals surface area contributed by atoms with Gasteiger partial charge in [-0.2, -0.15) is 0 Å². The second-order valence-corrected chi connectivity index (χ2v) is 5.37. The molecular weight excluding hydrogens is 258 g/mol. The van der Waals surface area contributed by atoms with Crippen molar-refractivity contribution in [2.24, 2.45) is 5.73 Å². The van der Waals surface area contributed by atoms with Crippen LogP contribution in [0.4, 0.5) is 0 Å². The van der Waals surface area contributed by atoms with Gasteiger partial charge in [-0.1, -0.05) is 12.1 Å². The smallest absolute Gasteiger partial charge is 0.170 e. The number of nitrogens with two attached hydrogens (primary N) is 1. The molecule has 0 saturated carbocycles. The normalized spacial score (nSPS) is 17.6. The Morgan fingerprint density at radius 3 is 3.11 bits per heavy atom. The van der Waals surface area contributed by atoms with Crippen LogP contribution >= 0.6 is 11.8 Å². The van der Waals surface area contributed by atoms with Crippen molar-refractivity contribution in [1.82, 2.24) is 9.97 Å². The van der Waals surface area contributed by atoms with E-state index in [0.717, 1.165) is 29.4 Å². The zero-order valence-corrected chi connectivity index (χ0v) is 11.3. The molecule has 0 radical (unpaired) electrons. The molecular formula is C14H15N3OS. The van der Waals surface area contributed by atoms with Gasteiger partial charge < -0.3 is 10.5 Å². The molecule has 3 rings (SSSR count). The molecule has 5 heteroatoms. The molecule has 1 aliphatic heterocycles. The predicted octanol–water partition coefficient (Wildman–Crippen LogP) is 2.20. The van der Waals surface area contributed by atoms with Gasteiger partial charge in [0.25, 0.3) is 0 Å². The second-order valence-electron chi connectivity index (χ2n) is 4.31. The highest BCUT2D eigenvalue weighted by atomic mass is 32.2. The molecule has 4 nitrogen and oxygen atoms in total. The van der Waals surface area contributed by atoms with Gasteiger partial charge in [-0.05, 0) is 24.7 Å². The number of fused-ring (bicyclic) bond motifs is 1. The third kappa shape index (κ3) is 2.72. The van der Waals surface area contributed by atoms with Crippen molar-refractivity contribution in [3.8, 4) is 5.75 Å². The Labute approximate surface area is 116 Å². The lowest BCUT2D eigenvalue weighted by Gasteiger charge is -2.24. The average Bonchev–Trinajstić information content (AvgIpc) is 2.47. The Balaban J connectivity index is 1.82. The summed E-state index contributed by atoms with van der Waals surface area (Å²) >= 11 is 1.78. The first kappa shape index (κ1) is 12.4. The third-order valence-corrected chi connectivity index (χ3v) is 4.05. The van der Waals surface area contributed by atoms with Crippen molar-refractivity contribution >= 4 is 11.8 Å². The Hall–Kier alpha value is -1.59. The summed E-state index contributed by atoms with van der Waals surface area (Å²) in [5.41, 5.74) is 6.53. The lowest BCUT2D eigenvalue weighted by Crippen LogP contribution is -2.18. The number of para-hydroxylation sites is 1. The minimum absolute atomic E-state index is 0.0855. The summed E-state index contributed by atoms with van der Waals surface area (Å²) in [5, 5.41) is 0. The minimum Gasteiger partial charge on any atom is -0.480 e. The van der Waals surface area contributed by atoms with Crippen LogP contribution in [0, 0.1) is 0 Å². The van der Waals surface area contributed by atoms with Gasteiger partial charge in [0.15, 0.2) is 11.9 Å². The standard InChI is InChI=1S/C14H15N3OS/c15-7-5-10-6-8-16-14(17-10)12-9-19-13-4-2-1-3-11(13)18-12/h1-4,6,8,12H,5,7,9,15H2. The van der Waals surface area contributed by atoms with Crippen LogP contribution in [0.2, 0.25) is 0 Å². The molecule has 19 heavy (non-hydrogen) atoms. The van der Waals surface area contributed by atoms with Gasteiger partial charge >= 0.3 is 0 Å². The van der Waals surface area contributed by atoms with Crippen LogP contribution < -0.4 is 10.5 Å². The van der Waals surface area contributed by atoms with Gasteiger partial charge in [-0.25, -0.2) is 9.97 Å². The highest BCUT2D eigenvalue weighted by Crippen LogP contribution is 2.39. The first-order valence-electron chi connectivity index (χ1n) is 6.27. The number of hydrogen-bond donors (Lipinski definition) is 1. The molecule has 1 aromatic heterocycles. The number of nitrogens with zero attached hydrogens (tertiary/aromatic N) is 2. The van der Waals surface area contributed by atoms with Gasteiger partial charge in [0.2, 0.25) is 0 Å². The fourth-order valence-electron chi connectivity index (χ4n) is 2.00. The highest BCUT2D eigenvalue weighted by Gasteiger charge is 2.23. The molecule has 2 N–H and O–H groups in total. The number of hydrogen-bond acceptors (Lipinski definition) is 5. The van der Waals surface area contributed by atoms with Crippen LogP contribution in [0.3, 0.4) is 0 Å². The van der Waals surface area contributed by atoms with Crippen LogP contribution in [0.5, 0.6) is 5.75 Å². The molecule has 0 saturated heterocycles. The number of benzene rings is 1. The van der Waals surface area contributed by atoms with Crippen molar-refractivity contribution < 1.29 is 4.74 Å². The summed E-state index contributed by atoms with van der Waals surface area (Å²) in [6, 6.07) is 9.96. The molecule has 1 unspecified atom stereocenters. The van der Waals surface area contributed by atoms with Crippen LogP contribution in [0.1, 0.15) is 17.6 Å². The molecule has 0 fully saturated rings. The van der Waals surface area contributed by atoms with Crippen molar-refractivity contribution in [3.05, 3.63) is 48.0 Å². The predicted molar refractivity (Wildman–Crippen MR) is 75.3 cm³/mol. The Morgan fingerprint density at radius 1 is 1.32 bits per heavy atom. The molecule has 2 heterocycles. The van der Waals surface area contributed by atoms with E-state index >= 15 is 0 Å². The van der Waals surface area contributed by atoms with E-state index in [1.165, 1.54) is 4.90 Å². The number of rotatable bonds is 3. The van der Waals surface area contributed by atoms with E-state index in [2.05, 4.69) is 16.0 Å². The van der Waals surface area contributed by atoms with Crippen LogP contribution in [-0.4, -0.2) is 22.3 Å². The van der Waals surface area contributed by atoms with E-state index in [9.17, 15) is 0 Å². The summed E-state index contributed by atoms with van der Waals surface area (Å²) in [6.45, 7) is 0.597. The van der Waals surface area contributed by atoms with E-state index in [1.54, 1.807) is 18.0 Å². The summed E-state index contributed by atoms with van der Waals surface area (Å²) in [7, 11) is 0. The zero-order valence-electron chi connectivity index (χ0n) is 10.5. The molecule has 0 bridgehead atoms. The fraction of sp³-hybridized carbons (Fsp3) is 0.286. The maximum Gasteiger partial charge on any atom is 0.170 e. The van der Waals surface area contributed by atoms with Crippen molar-refractivity contribution in [3.63, 3.8) is 0 Å². The van der Waals surface area contributed by atoms with Gasteiger partial charge in [-0.15, -0.1) is 11.8 Å². The highest BCUT2D eigenvalue weighted by molar-refractivity contribution is 7.99. The Bertz CT molecular complexity index is 576. The van der Waals surface area contributed by atoms with E-state index in [1.807, 2.05) is 24.3 Å². The molecule has 0 spiro atoms. The molecule has 98 valence electrons. The lowest BCUT2D eigenvalue weighted by atomic mass is 10.2. The number of thioether (sulfide) groups is 1. The summed E-state index contributed by atoms with van der Waals surface area (Å²) in [4.78, 5) is 10.0. The van der Waals surface area contributed by atoms with Gasteiger partial charge in [-0.3, -0.25) is 0 Å². The van der Waals surface area contributed by atoms with E-state index in [4.69, 9.17) is 10.5 Å². The Morgan fingerprint density at radius 2 is 2.21 bits per heavy atom. The van der Waals surface area contributed by atoms with E-state index in [-0.39, 0.29) is 6.10 Å². The molecule has 0 aliphatic carbocycles. The maximum absolute atomic E-state index is 5.97. The molecule has 1 atom stereocenters. The minimum atomic E-state index is -0.0855. The third-order valence-electron chi connectivity index (χ3n) is 2.93. The monoisotopic (exact) mass is 273 g/mol. The van der Waals surface area contributed by atoms with Crippen molar-refractivity contribution in [2.45, 2.75) is 17.4 Å². The fourth-order valence-corrected chi connectivity index (χ4v) is 2.98. The van der Waals surface area contributed by atoms with Crippen molar-refractivity contribution in [2.75, 3.05) is 12.3 Å². The van der Waals surface area contributed by atoms with Gasteiger partial charge in [0.1, 0.15) is 5.75 Å². The largest absolute Gasteiger partial charge is 0.480 e. The topological polar surface area (TPSA) is 61.0 Å². The zero-order chi connectivity index (χ0) is 13.1. The molecule has 1 aliphatic rings. The summed E-state index contributed by atoms with van der Waals surface area (Å²) in [5.74, 6) is 2.49. The van der Waals surface area contributed by atoms with Crippen molar-refractivity contribution in [1.29, 1.82) is 0 Å². The first-order chi connectivity index (χ1) is 9.36. The van der Waals surface area contributed by atoms with E-state index in [0.29, 0.717) is 6.54 Å². The molecule has 0 amide bonds. The number of aromatic nitrogens is 2. The first-order valence-corrected chi connectivity index (χ1v) is 7.26. The average molecular weight is 273 g/mol. The van der Waals surface area contributed by atoms with Crippen LogP contribution in [0.15, 0.2) is 41.4 Å². The number of ether oxygens (including phenoxy) is 1. The second kappa shape index (κ2) is 5.59. The van der Waals surface area contributed by atoms with Gasteiger partial charge in [0, 0.05) is 29.0 Å². The Kier molecular flexibility index (Phi) is 3.66. The quantitative estimate of drug-likeness (QED) is 0.929. The van der Waals surface area contributed by atoms with Crippen LogP contribution in [0.25, 0.3) is 0 Å². The maximum atomic E-state index is 5.97. The summed E-state index contributed by atoms with van der Waals surface area (Å²) in [6.07, 6.45) is 2.46. The lowest BCUT2D eigenvalue weighted by molar-refractivity contribution is 0.210. The molecule has 1 aromatic carbocycles. The van der Waals surface area contributed by atoms with E-state index < -0.39 is 0 Å².